The zero-order chi connectivity index (χ0) is 24.2. The number of halogens is 3. The zero-order valence-corrected chi connectivity index (χ0v) is 21.6. The van der Waals surface area contributed by atoms with E-state index in [2.05, 4.69) is 23.6 Å². The van der Waals surface area contributed by atoms with Gasteiger partial charge in [0.15, 0.2) is 18.0 Å². The molecular formula is C23H25Cl3N2O4S. The topological polar surface area (TPSA) is 81.4 Å². The van der Waals surface area contributed by atoms with Gasteiger partial charge in [0, 0.05) is 21.3 Å². The predicted molar refractivity (Wildman–Crippen MR) is 133 cm³/mol. The minimum Gasteiger partial charge on any atom is -0.486 e. The van der Waals surface area contributed by atoms with Gasteiger partial charge in [-0.3, -0.25) is 4.72 Å². The first-order valence-corrected chi connectivity index (χ1v) is 13.4. The Bertz CT molecular complexity index is 1190. The van der Waals surface area contributed by atoms with E-state index >= 15 is 0 Å². The van der Waals surface area contributed by atoms with Gasteiger partial charge in [-0.25, -0.2) is 8.42 Å². The van der Waals surface area contributed by atoms with Crippen molar-refractivity contribution in [1.82, 2.24) is 4.98 Å². The number of nitrogens with one attached hydrogen (secondary N) is 1. The maximum Gasteiger partial charge on any atom is 0.231 e. The molecule has 0 saturated carbocycles. The van der Waals surface area contributed by atoms with Crippen LogP contribution in [0.2, 0.25) is 10.0 Å². The highest BCUT2D eigenvalue weighted by atomic mass is 35.5. The van der Waals surface area contributed by atoms with Crippen LogP contribution in [0.15, 0.2) is 47.2 Å². The number of aromatic nitrogens is 1. The number of alkyl halides is 1. The van der Waals surface area contributed by atoms with Gasteiger partial charge in [-0.05, 0) is 53.8 Å². The van der Waals surface area contributed by atoms with Gasteiger partial charge in [-0.1, -0.05) is 49.2 Å². The maximum atomic E-state index is 11.4. The van der Waals surface area contributed by atoms with Crippen LogP contribution >= 0.6 is 34.8 Å². The van der Waals surface area contributed by atoms with Crippen molar-refractivity contribution in [3.05, 3.63) is 75.3 Å². The van der Waals surface area contributed by atoms with E-state index in [1.165, 1.54) is 0 Å². The molecule has 0 atom stereocenters. The Morgan fingerprint density at radius 2 is 1.73 bits per heavy atom. The van der Waals surface area contributed by atoms with E-state index in [-0.39, 0.29) is 23.6 Å². The normalized spacial score (nSPS) is 12.1. The number of hydrogen-bond donors (Lipinski definition) is 1. The van der Waals surface area contributed by atoms with Gasteiger partial charge >= 0.3 is 0 Å². The van der Waals surface area contributed by atoms with Gasteiger partial charge in [-0.15, -0.1) is 11.6 Å². The van der Waals surface area contributed by atoms with Crippen LogP contribution in [0.3, 0.4) is 0 Å². The molecule has 0 unspecified atom stereocenters. The van der Waals surface area contributed by atoms with Crippen molar-refractivity contribution in [3.63, 3.8) is 0 Å². The van der Waals surface area contributed by atoms with Crippen molar-refractivity contribution >= 4 is 50.6 Å². The molecule has 178 valence electrons. The molecule has 1 aromatic heterocycles. The molecule has 0 aliphatic rings. The summed E-state index contributed by atoms with van der Waals surface area (Å²) in [4.78, 5) is 3.87. The van der Waals surface area contributed by atoms with Gasteiger partial charge in [0.1, 0.15) is 12.4 Å². The van der Waals surface area contributed by atoms with E-state index in [1.807, 2.05) is 36.4 Å². The van der Waals surface area contributed by atoms with E-state index in [0.717, 1.165) is 42.2 Å². The fourth-order valence-electron chi connectivity index (χ4n) is 3.36. The number of benzene rings is 2. The molecule has 33 heavy (non-hydrogen) atoms. The number of nitrogens with zero attached hydrogens (tertiary/aromatic N) is 1. The number of anilines is 1. The maximum absolute atomic E-state index is 11.4. The van der Waals surface area contributed by atoms with Crippen LogP contribution in [0, 0.1) is 0 Å². The van der Waals surface area contributed by atoms with Crippen molar-refractivity contribution < 1.29 is 17.6 Å². The summed E-state index contributed by atoms with van der Waals surface area (Å²) in [5.41, 5.74) is 2.61. The minimum absolute atomic E-state index is 0.0234. The van der Waals surface area contributed by atoms with E-state index in [1.54, 1.807) is 0 Å². The Hall–Kier alpha value is -1.93. The molecule has 6 nitrogen and oxygen atoms in total. The van der Waals surface area contributed by atoms with Gasteiger partial charge in [-0.2, -0.15) is 4.98 Å². The summed E-state index contributed by atoms with van der Waals surface area (Å²) in [6.07, 6.45) is 3.75. The predicted octanol–water partition coefficient (Wildman–Crippen LogP) is 6.43. The van der Waals surface area contributed by atoms with E-state index in [9.17, 15) is 8.42 Å². The highest BCUT2D eigenvalue weighted by Crippen LogP contribution is 2.38. The summed E-state index contributed by atoms with van der Waals surface area (Å²) in [7, 11) is -3.47. The zero-order valence-electron chi connectivity index (χ0n) is 18.5. The lowest BCUT2D eigenvalue weighted by Crippen LogP contribution is -2.19. The third-order valence-electron chi connectivity index (χ3n) is 5.29. The number of ether oxygens (including phenoxy) is 1. The summed E-state index contributed by atoms with van der Waals surface area (Å²) in [5, 5.41) is 1.28. The van der Waals surface area contributed by atoms with Crippen molar-refractivity contribution in [1.29, 1.82) is 0 Å². The molecule has 0 bridgehead atoms. The molecule has 0 saturated heterocycles. The molecule has 0 fully saturated rings. The smallest absolute Gasteiger partial charge is 0.231 e. The molecule has 2 aromatic carbocycles. The SMILES string of the molecule is CC(C)(c1ccc(OCc2ocnc2NS(C)(=O)=O)cc1)c1cc(Cl)c(CCCCl)c(Cl)c1. The standard InChI is InChI=1S/C23H25Cl3N2O4S/c1-23(2,16-11-19(25)18(5-4-10-24)20(26)12-16)15-6-8-17(9-7-15)31-13-21-22(27-14-32-21)28-33(3,29)30/h6-9,11-12,14,28H,4-5,10,13H2,1-3H3. The van der Waals surface area contributed by atoms with E-state index in [4.69, 9.17) is 44.0 Å². The third-order valence-corrected chi connectivity index (χ3v) is 6.80. The second-order valence-electron chi connectivity index (χ2n) is 8.15. The molecule has 0 amide bonds. The van der Waals surface area contributed by atoms with Gasteiger partial charge in [0.05, 0.1) is 6.26 Å². The van der Waals surface area contributed by atoms with Crippen LogP contribution in [0.25, 0.3) is 0 Å². The molecule has 0 aliphatic heterocycles. The molecule has 1 N–H and O–H groups in total. The first-order valence-electron chi connectivity index (χ1n) is 10.2. The Morgan fingerprint density at radius 1 is 1.09 bits per heavy atom. The highest BCUT2D eigenvalue weighted by Gasteiger charge is 2.25. The Labute approximate surface area is 209 Å². The number of sulfonamides is 1. The minimum atomic E-state index is -3.47. The molecule has 0 radical (unpaired) electrons. The molecule has 3 aromatic rings. The molecule has 10 heteroatoms. The average Bonchev–Trinajstić information content (AvgIpc) is 3.17. The van der Waals surface area contributed by atoms with Crippen LogP contribution in [0.5, 0.6) is 5.75 Å². The van der Waals surface area contributed by atoms with Crippen molar-refractivity contribution in [2.45, 2.75) is 38.7 Å². The summed E-state index contributed by atoms with van der Waals surface area (Å²) in [5.74, 6) is 1.55. The van der Waals surface area contributed by atoms with Gasteiger partial charge in [0.25, 0.3) is 0 Å². The van der Waals surface area contributed by atoms with Crippen LogP contribution < -0.4 is 9.46 Å². The van der Waals surface area contributed by atoms with Crippen LogP contribution in [-0.4, -0.2) is 25.5 Å². The first kappa shape index (κ1) is 25.7. The Balaban J connectivity index is 1.74. The quantitative estimate of drug-likeness (QED) is 0.305. The van der Waals surface area contributed by atoms with E-state index in [0.29, 0.717) is 21.7 Å². The molecule has 0 spiro atoms. The average molecular weight is 532 g/mol. The lowest BCUT2D eigenvalue weighted by Gasteiger charge is -2.27. The second kappa shape index (κ2) is 10.6. The van der Waals surface area contributed by atoms with Gasteiger partial charge < -0.3 is 9.15 Å². The van der Waals surface area contributed by atoms with E-state index < -0.39 is 10.0 Å². The van der Waals surface area contributed by atoms with Crippen LogP contribution in [-0.2, 0) is 28.5 Å². The number of rotatable bonds is 10. The fourth-order valence-corrected chi connectivity index (χ4v) is 4.69. The molecule has 0 aliphatic carbocycles. The monoisotopic (exact) mass is 530 g/mol. The van der Waals surface area contributed by atoms with Crippen molar-refractivity contribution in [3.8, 4) is 5.75 Å². The van der Waals surface area contributed by atoms with Crippen molar-refractivity contribution in [2.24, 2.45) is 0 Å². The van der Waals surface area contributed by atoms with Gasteiger partial charge in [0.2, 0.25) is 10.0 Å². The summed E-state index contributed by atoms with van der Waals surface area (Å²) in [6.45, 7) is 4.22. The highest BCUT2D eigenvalue weighted by molar-refractivity contribution is 7.92. The van der Waals surface area contributed by atoms with Crippen LogP contribution in [0.1, 0.15) is 42.7 Å². The molecule has 3 rings (SSSR count). The Morgan fingerprint density at radius 3 is 2.30 bits per heavy atom. The number of oxazole rings is 1. The molecule has 1 heterocycles. The largest absolute Gasteiger partial charge is 0.486 e. The summed E-state index contributed by atoms with van der Waals surface area (Å²) < 4.78 is 36.1. The lowest BCUT2D eigenvalue weighted by atomic mass is 9.78. The third kappa shape index (κ3) is 6.57. The van der Waals surface area contributed by atoms with Crippen molar-refractivity contribution in [2.75, 3.05) is 16.9 Å². The molecular weight excluding hydrogens is 507 g/mol. The lowest BCUT2D eigenvalue weighted by molar-refractivity contribution is 0.271. The Kier molecular flexibility index (Phi) is 8.22. The summed E-state index contributed by atoms with van der Waals surface area (Å²) in [6, 6.07) is 11.5. The number of hydrogen-bond acceptors (Lipinski definition) is 5. The van der Waals surface area contributed by atoms with Crippen LogP contribution in [0.4, 0.5) is 5.82 Å². The second-order valence-corrected chi connectivity index (χ2v) is 11.1. The fraction of sp³-hybridized carbons (Fsp3) is 0.348. The summed E-state index contributed by atoms with van der Waals surface area (Å²) >= 11 is 18.9. The first-order chi connectivity index (χ1) is 15.5.